The number of benzene rings is 1. The van der Waals surface area contributed by atoms with E-state index in [9.17, 15) is 0 Å². The van der Waals surface area contributed by atoms with Crippen molar-refractivity contribution in [2.75, 3.05) is 5.32 Å². The van der Waals surface area contributed by atoms with E-state index in [1.54, 1.807) is 11.3 Å². The van der Waals surface area contributed by atoms with Gasteiger partial charge in [0.2, 0.25) is 0 Å². The number of aryl methyl sites for hydroxylation is 2. The van der Waals surface area contributed by atoms with Crippen LogP contribution in [0.5, 0.6) is 0 Å². The van der Waals surface area contributed by atoms with Crippen molar-refractivity contribution in [2.45, 2.75) is 13.8 Å². The Kier molecular flexibility index (Phi) is 4.01. The number of pyridine rings is 1. The van der Waals surface area contributed by atoms with Crippen molar-refractivity contribution < 1.29 is 0 Å². The lowest BCUT2D eigenvalue weighted by Gasteiger charge is -2.02. The zero-order valence-electron chi connectivity index (χ0n) is 13.2. The fraction of sp³-hybridized carbons (Fsp3) is 0.111. The van der Waals surface area contributed by atoms with Crippen LogP contribution in [0.15, 0.2) is 48.0 Å². The largest absolute Gasteiger partial charge is 0.332 e. The molecule has 1 aromatic carbocycles. The van der Waals surface area contributed by atoms with Gasteiger partial charge in [-0.3, -0.25) is 4.40 Å². The van der Waals surface area contributed by atoms with Crippen molar-refractivity contribution in [3.8, 4) is 11.4 Å². The van der Waals surface area contributed by atoms with Crippen molar-refractivity contribution in [3.63, 3.8) is 0 Å². The second-order valence-electron chi connectivity index (χ2n) is 5.65. The molecule has 3 aromatic heterocycles. The number of rotatable bonds is 3. The molecule has 0 amide bonds. The number of thiazole rings is 1. The molecule has 0 aliphatic heterocycles. The minimum absolute atomic E-state index is 0.882. The summed E-state index contributed by atoms with van der Waals surface area (Å²) in [5, 5.41) is 6.32. The molecule has 0 aliphatic carbocycles. The first-order valence-electron chi connectivity index (χ1n) is 7.54. The summed E-state index contributed by atoms with van der Waals surface area (Å²) in [6.45, 7) is 4.11. The van der Waals surface area contributed by atoms with E-state index in [2.05, 4.69) is 92.2 Å². The molecule has 120 valence electrons. The van der Waals surface area contributed by atoms with Gasteiger partial charge in [-0.2, -0.15) is 0 Å². The summed E-state index contributed by atoms with van der Waals surface area (Å²) in [6.07, 6.45) is 2.06. The number of anilines is 2. The van der Waals surface area contributed by atoms with Gasteiger partial charge in [-0.1, -0.05) is 0 Å². The topological polar surface area (TPSA) is 42.2 Å². The third-order valence-electron chi connectivity index (χ3n) is 3.80. The van der Waals surface area contributed by atoms with E-state index >= 15 is 0 Å². The molecule has 4 aromatic rings. The highest BCUT2D eigenvalue weighted by molar-refractivity contribution is 14.1. The SMILES string of the molecule is Cc1ccn2c(-c3csc(Nc4ccc(I)cc4)n3)c(C)nc2c1. The number of halogens is 1. The highest BCUT2D eigenvalue weighted by Crippen LogP contribution is 2.30. The van der Waals surface area contributed by atoms with Crippen molar-refractivity contribution in [1.82, 2.24) is 14.4 Å². The summed E-state index contributed by atoms with van der Waals surface area (Å²) in [5.41, 5.74) is 6.20. The minimum atomic E-state index is 0.882. The van der Waals surface area contributed by atoms with Gasteiger partial charge < -0.3 is 5.32 Å². The van der Waals surface area contributed by atoms with Crippen molar-refractivity contribution in [3.05, 3.63) is 62.8 Å². The van der Waals surface area contributed by atoms with E-state index < -0.39 is 0 Å². The molecule has 4 nitrogen and oxygen atoms in total. The van der Waals surface area contributed by atoms with Crippen molar-refractivity contribution >= 4 is 50.4 Å². The van der Waals surface area contributed by atoms with Gasteiger partial charge in [-0.25, -0.2) is 9.97 Å². The molecule has 0 unspecified atom stereocenters. The number of hydrogen-bond acceptors (Lipinski definition) is 4. The highest BCUT2D eigenvalue weighted by Gasteiger charge is 2.14. The van der Waals surface area contributed by atoms with E-state index in [-0.39, 0.29) is 0 Å². The van der Waals surface area contributed by atoms with Gasteiger partial charge in [0.05, 0.1) is 11.4 Å². The minimum Gasteiger partial charge on any atom is -0.332 e. The van der Waals surface area contributed by atoms with E-state index in [1.807, 2.05) is 6.92 Å². The van der Waals surface area contributed by atoms with Crippen LogP contribution in [-0.2, 0) is 0 Å². The maximum Gasteiger partial charge on any atom is 0.187 e. The van der Waals surface area contributed by atoms with Crippen LogP contribution in [0.2, 0.25) is 0 Å². The second kappa shape index (κ2) is 6.18. The van der Waals surface area contributed by atoms with Crippen LogP contribution in [0.4, 0.5) is 10.8 Å². The van der Waals surface area contributed by atoms with Crippen LogP contribution in [0.25, 0.3) is 17.0 Å². The Bertz CT molecular complexity index is 1020. The maximum atomic E-state index is 4.75. The number of nitrogens with zero attached hydrogens (tertiary/aromatic N) is 3. The third kappa shape index (κ3) is 2.91. The normalized spacial score (nSPS) is 11.1. The molecule has 0 spiro atoms. The molecule has 0 bridgehead atoms. The average molecular weight is 446 g/mol. The first kappa shape index (κ1) is 15.6. The maximum absolute atomic E-state index is 4.75. The smallest absolute Gasteiger partial charge is 0.187 e. The van der Waals surface area contributed by atoms with Crippen LogP contribution in [0.3, 0.4) is 0 Å². The third-order valence-corrected chi connectivity index (χ3v) is 5.28. The zero-order chi connectivity index (χ0) is 16.7. The van der Waals surface area contributed by atoms with Crippen LogP contribution in [-0.4, -0.2) is 14.4 Å². The Hall–Kier alpha value is -1.93. The van der Waals surface area contributed by atoms with E-state index in [0.717, 1.165) is 33.5 Å². The summed E-state index contributed by atoms with van der Waals surface area (Å²) in [6, 6.07) is 12.5. The molecular formula is C18H15IN4S. The quantitative estimate of drug-likeness (QED) is 0.428. The highest BCUT2D eigenvalue weighted by atomic mass is 127. The lowest BCUT2D eigenvalue weighted by molar-refractivity contribution is 1.16. The molecule has 0 aliphatic rings. The van der Waals surface area contributed by atoms with Gasteiger partial charge in [0.1, 0.15) is 11.3 Å². The Balaban J connectivity index is 1.70. The monoisotopic (exact) mass is 446 g/mol. The summed E-state index contributed by atoms with van der Waals surface area (Å²) >= 11 is 3.90. The number of aromatic nitrogens is 3. The molecule has 0 radical (unpaired) electrons. The molecule has 0 atom stereocenters. The molecule has 0 saturated heterocycles. The summed E-state index contributed by atoms with van der Waals surface area (Å²) in [5.74, 6) is 0. The lowest BCUT2D eigenvalue weighted by atomic mass is 10.2. The second-order valence-corrected chi connectivity index (χ2v) is 7.75. The average Bonchev–Trinajstić information content (AvgIpc) is 3.12. The fourth-order valence-electron chi connectivity index (χ4n) is 2.67. The van der Waals surface area contributed by atoms with Crippen molar-refractivity contribution in [1.29, 1.82) is 0 Å². The van der Waals surface area contributed by atoms with Gasteiger partial charge in [0, 0.05) is 20.8 Å². The van der Waals surface area contributed by atoms with Gasteiger partial charge in [0.15, 0.2) is 5.13 Å². The summed E-state index contributed by atoms with van der Waals surface area (Å²) in [7, 11) is 0. The fourth-order valence-corrected chi connectivity index (χ4v) is 3.74. The molecular weight excluding hydrogens is 431 g/mol. The molecule has 0 fully saturated rings. The lowest BCUT2D eigenvalue weighted by Crippen LogP contribution is -1.92. The van der Waals surface area contributed by atoms with Gasteiger partial charge in [0.25, 0.3) is 0 Å². The Morgan fingerprint density at radius 3 is 2.67 bits per heavy atom. The van der Waals surface area contributed by atoms with Crippen LogP contribution in [0, 0.1) is 17.4 Å². The summed E-state index contributed by atoms with van der Waals surface area (Å²) in [4.78, 5) is 9.41. The van der Waals surface area contributed by atoms with E-state index in [4.69, 9.17) is 4.98 Å². The Labute approximate surface area is 157 Å². The molecule has 4 rings (SSSR count). The Morgan fingerprint density at radius 1 is 1.08 bits per heavy atom. The molecule has 6 heteroatoms. The van der Waals surface area contributed by atoms with Crippen LogP contribution < -0.4 is 5.32 Å². The van der Waals surface area contributed by atoms with Crippen molar-refractivity contribution in [2.24, 2.45) is 0 Å². The Morgan fingerprint density at radius 2 is 1.88 bits per heavy atom. The van der Waals surface area contributed by atoms with Gasteiger partial charge in [-0.05, 0) is 78.4 Å². The predicted octanol–water partition coefficient (Wildman–Crippen LogP) is 5.42. The van der Waals surface area contributed by atoms with Crippen LogP contribution >= 0.6 is 33.9 Å². The zero-order valence-corrected chi connectivity index (χ0v) is 16.2. The van der Waals surface area contributed by atoms with E-state index in [0.29, 0.717) is 0 Å². The standard InChI is InChI=1S/C18H15IN4S/c1-11-7-8-23-16(9-11)20-12(2)17(23)15-10-24-18(22-15)21-14-5-3-13(19)4-6-14/h3-10H,1-2H3,(H,21,22). The van der Waals surface area contributed by atoms with Gasteiger partial charge in [-0.15, -0.1) is 11.3 Å². The predicted molar refractivity (Wildman–Crippen MR) is 108 cm³/mol. The summed E-state index contributed by atoms with van der Waals surface area (Å²) < 4.78 is 3.32. The number of fused-ring (bicyclic) bond motifs is 1. The number of hydrogen-bond donors (Lipinski definition) is 1. The molecule has 0 saturated carbocycles. The van der Waals surface area contributed by atoms with Gasteiger partial charge >= 0.3 is 0 Å². The van der Waals surface area contributed by atoms with Crippen LogP contribution in [0.1, 0.15) is 11.3 Å². The molecule has 3 heterocycles. The first-order valence-corrected chi connectivity index (χ1v) is 9.50. The molecule has 24 heavy (non-hydrogen) atoms. The first-order chi connectivity index (χ1) is 11.6. The molecule has 1 N–H and O–H groups in total. The number of imidazole rings is 1. The number of nitrogens with one attached hydrogen (secondary N) is 1. The van der Waals surface area contributed by atoms with E-state index in [1.165, 1.54) is 9.13 Å².